The number of phenols is 1. The summed E-state index contributed by atoms with van der Waals surface area (Å²) >= 11 is 0. The number of benzene rings is 2. The predicted octanol–water partition coefficient (Wildman–Crippen LogP) is 2.88. The van der Waals surface area contributed by atoms with Crippen molar-refractivity contribution in [1.29, 1.82) is 0 Å². The smallest absolute Gasteiger partial charge is 0.243 e. The van der Waals surface area contributed by atoms with Gasteiger partial charge in [-0.15, -0.1) is 0 Å². The first-order chi connectivity index (χ1) is 12.4. The topological polar surface area (TPSA) is 86.7 Å². The van der Waals surface area contributed by atoms with Crippen LogP contribution in [0.5, 0.6) is 5.75 Å². The molecule has 2 aromatic carbocycles. The third-order valence-electron chi connectivity index (χ3n) is 4.52. The number of aromatic hydroxyl groups is 1. The molecule has 2 aromatic rings. The van der Waals surface area contributed by atoms with Crippen LogP contribution in [0, 0.1) is 6.92 Å². The molecule has 2 N–H and O–H groups in total. The molecular formula is C19H22N2O4S. The maximum atomic E-state index is 13.0. The van der Waals surface area contributed by atoms with Crippen LogP contribution >= 0.6 is 0 Å². The van der Waals surface area contributed by atoms with E-state index in [-0.39, 0.29) is 16.3 Å². The van der Waals surface area contributed by atoms with Crippen LogP contribution in [0.3, 0.4) is 0 Å². The lowest BCUT2D eigenvalue weighted by Crippen LogP contribution is -2.49. The predicted molar refractivity (Wildman–Crippen MR) is 99.4 cm³/mol. The second-order valence-electron chi connectivity index (χ2n) is 6.45. The van der Waals surface area contributed by atoms with Crippen molar-refractivity contribution in [3.05, 3.63) is 54.1 Å². The molecule has 1 aliphatic heterocycles. The molecule has 0 aromatic heterocycles. The Balaban J connectivity index is 1.86. The molecule has 0 radical (unpaired) electrons. The van der Waals surface area contributed by atoms with Crippen molar-refractivity contribution in [3.8, 4) is 5.75 Å². The minimum atomic E-state index is -3.76. The van der Waals surface area contributed by atoms with Crippen LogP contribution in [0.2, 0.25) is 0 Å². The number of nitrogens with one attached hydrogen (secondary N) is 1. The van der Waals surface area contributed by atoms with E-state index in [1.807, 2.05) is 6.92 Å². The summed E-state index contributed by atoms with van der Waals surface area (Å²) in [7, 11) is -3.76. The summed E-state index contributed by atoms with van der Waals surface area (Å²) in [5.74, 6) is -0.463. The Kier molecular flexibility index (Phi) is 5.29. The molecule has 1 atom stereocenters. The molecule has 0 bridgehead atoms. The van der Waals surface area contributed by atoms with Crippen LogP contribution in [-0.4, -0.2) is 36.3 Å². The first-order valence-corrected chi connectivity index (χ1v) is 10.0. The molecule has 0 saturated carbocycles. The van der Waals surface area contributed by atoms with Crippen molar-refractivity contribution in [2.24, 2.45) is 0 Å². The summed E-state index contributed by atoms with van der Waals surface area (Å²) in [4.78, 5) is 12.9. The maximum Gasteiger partial charge on any atom is 0.243 e. The molecule has 1 saturated heterocycles. The SMILES string of the molecule is Cc1ccc(NC(=O)C2CCCCN2S(=O)(=O)c2ccccc2)c(O)c1. The Bertz CT molecular complexity index is 897. The molecule has 0 spiro atoms. The number of aryl methyl sites for hydroxylation is 1. The number of carbonyl (C=O) groups excluding carboxylic acids is 1. The minimum absolute atomic E-state index is 0.0355. The van der Waals surface area contributed by atoms with Gasteiger partial charge in [-0.2, -0.15) is 4.31 Å². The summed E-state index contributed by atoms with van der Waals surface area (Å²) in [5, 5.41) is 12.7. The lowest BCUT2D eigenvalue weighted by molar-refractivity contribution is -0.120. The molecule has 7 heteroatoms. The Morgan fingerprint density at radius 1 is 1.15 bits per heavy atom. The number of amides is 1. The van der Waals surface area contributed by atoms with Crippen LogP contribution in [0.25, 0.3) is 0 Å². The van der Waals surface area contributed by atoms with E-state index in [0.29, 0.717) is 19.4 Å². The van der Waals surface area contributed by atoms with Gasteiger partial charge in [-0.05, 0) is 49.6 Å². The van der Waals surface area contributed by atoms with Crippen LogP contribution < -0.4 is 5.32 Å². The highest BCUT2D eigenvalue weighted by atomic mass is 32.2. The van der Waals surface area contributed by atoms with Gasteiger partial charge in [0.1, 0.15) is 11.8 Å². The van der Waals surface area contributed by atoms with Crippen molar-refractivity contribution in [2.45, 2.75) is 37.1 Å². The summed E-state index contributed by atoms with van der Waals surface area (Å²) in [6.45, 7) is 2.13. The zero-order chi connectivity index (χ0) is 18.7. The van der Waals surface area contributed by atoms with Gasteiger partial charge in [0.15, 0.2) is 0 Å². The molecule has 1 amide bonds. The molecule has 138 valence electrons. The fraction of sp³-hybridized carbons (Fsp3) is 0.316. The van der Waals surface area contributed by atoms with Crippen molar-refractivity contribution in [3.63, 3.8) is 0 Å². The number of hydrogen-bond donors (Lipinski definition) is 2. The minimum Gasteiger partial charge on any atom is -0.506 e. The van der Waals surface area contributed by atoms with E-state index in [1.165, 1.54) is 16.4 Å². The second kappa shape index (κ2) is 7.47. The van der Waals surface area contributed by atoms with Crippen LogP contribution in [0.4, 0.5) is 5.69 Å². The van der Waals surface area contributed by atoms with Gasteiger partial charge in [0.2, 0.25) is 15.9 Å². The van der Waals surface area contributed by atoms with Crippen molar-refractivity contribution >= 4 is 21.6 Å². The van der Waals surface area contributed by atoms with E-state index >= 15 is 0 Å². The Labute approximate surface area is 153 Å². The zero-order valence-electron chi connectivity index (χ0n) is 14.6. The Morgan fingerprint density at radius 2 is 1.88 bits per heavy atom. The Morgan fingerprint density at radius 3 is 2.58 bits per heavy atom. The summed E-state index contributed by atoms with van der Waals surface area (Å²) in [6, 6.07) is 12.3. The van der Waals surface area contributed by atoms with E-state index in [0.717, 1.165) is 12.0 Å². The normalized spacial score (nSPS) is 18.4. The summed E-state index contributed by atoms with van der Waals surface area (Å²) in [5.41, 5.74) is 1.15. The van der Waals surface area contributed by atoms with Gasteiger partial charge in [0, 0.05) is 6.54 Å². The highest BCUT2D eigenvalue weighted by Crippen LogP contribution is 2.28. The van der Waals surface area contributed by atoms with Crippen molar-refractivity contribution < 1.29 is 18.3 Å². The maximum absolute atomic E-state index is 13.0. The summed E-state index contributed by atoms with van der Waals surface area (Å²) in [6.07, 6.45) is 1.94. The molecular weight excluding hydrogens is 352 g/mol. The Hall–Kier alpha value is -2.38. The van der Waals surface area contributed by atoms with Crippen molar-refractivity contribution in [1.82, 2.24) is 4.31 Å². The van der Waals surface area contributed by atoms with Gasteiger partial charge >= 0.3 is 0 Å². The monoisotopic (exact) mass is 374 g/mol. The van der Waals surface area contributed by atoms with Crippen LogP contribution in [0.1, 0.15) is 24.8 Å². The first-order valence-electron chi connectivity index (χ1n) is 8.57. The van der Waals surface area contributed by atoms with Crippen molar-refractivity contribution in [2.75, 3.05) is 11.9 Å². The first kappa shape index (κ1) is 18.4. The van der Waals surface area contributed by atoms with Gasteiger partial charge in [-0.1, -0.05) is 30.7 Å². The number of piperidine rings is 1. The molecule has 1 fully saturated rings. The number of rotatable bonds is 4. The molecule has 3 rings (SSSR count). The molecule has 1 heterocycles. The number of sulfonamides is 1. The highest BCUT2D eigenvalue weighted by Gasteiger charge is 2.37. The number of hydrogen-bond acceptors (Lipinski definition) is 4. The molecule has 26 heavy (non-hydrogen) atoms. The largest absolute Gasteiger partial charge is 0.506 e. The average Bonchev–Trinajstić information content (AvgIpc) is 2.64. The quantitative estimate of drug-likeness (QED) is 0.806. The molecule has 1 unspecified atom stereocenters. The number of phenolic OH excluding ortho intramolecular Hbond substituents is 1. The van der Waals surface area contributed by atoms with Gasteiger partial charge in [0.25, 0.3) is 0 Å². The highest BCUT2D eigenvalue weighted by molar-refractivity contribution is 7.89. The third-order valence-corrected chi connectivity index (χ3v) is 6.44. The second-order valence-corrected chi connectivity index (χ2v) is 8.34. The zero-order valence-corrected chi connectivity index (χ0v) is 15.4. The number of carbonyl (C=O) groups is 1. The van der Waals surface area contributed by atoms with Crippen LogP contribution in [0.15, 0.2) is 53.4 Å². The number of nitrogens with zero attached hydrogens (tertiary/aromatic N) is 1. The van der Waals surface area contributed by atoms with Gasteiger partial charge in [-0.3, -0.25) is 4.79 Å². The average molecular weight is 374 g/mol. The van der Waals surface area contributed by atoms with E-state index in [2.05, 4.69) is 5.32 Å². The third kappa shape index (κ3) is 3.73. The molecule has 0 aliphatic carbocycles. The lowest BCUT2D eigenvalue weighted by Gasteiger charge is -2.33. The summed E-state index contributed by atoms with van der Waals surface area (Å²) < 4.78 is 27.2. The van der Waals surface area contributed by atoms with Gasteiger partial charge in [0.05, 0.1) is 10.6 Å². The standard InChI is InChI=1S/C19H22N2O4S/c1-14-10-11-16(18(22)13-14)20-19(23)17-9-5-6-12-21(17)26(24,25)15-7-3-2-4-8-15/h2-4,7-8,10-11,13,17,22H,5-6,9,12H2,1H3,(H,20,23). The molecule has 6 nitrogen and oxygen atoms in total. The van der Waals surface area contributed by atoms with E-state index < -0.39 is 22.0 Å². The molecule has 1 aliphatic rings. The van der Waals surface area contributed by atoms with E-state index in [1.54, 1.807) is 36.4 Å². The fourth-order valence-corrected chi connectivity index (χ4v) is 4.82. The van der Waals surface area contributed by atoms with E-state index in [4.69, 9.17) is 0 Å². The lowest BCUT2D eigenvalue weighted by atomic mass is 10.0. The number of anilines is 1. The van der Waals surface area contributed by atoms with Gasteiger partial charge in [-0.25, -0.2) is 8.42 Å². The van der Waals surface area contributed by atoms with Gasteiger partial charge < -0.3 is 10.4 Å². The van der Waals surface area contributed by atoms with Crippen LogP contribution in [-0.2, 0) is 14.8 Å². The van der Waals surface area contributed by atoms with E-state index in [9.17, 15) is 18.3 Å². The fourth-order valence-electron chi connectivity index (χ4n) is 3.15.